The molecule has 4 atom stereocenters. The molecule has 0 aliphatic heterocycles. The maximum atomic E-state index is 5.86. The summed E-state index contributed by atoms with van der Waals surface area (Å²) in [5.74, 6) is 2.54. The van der Waals surface area contributed by atoms with Gasteiger partial charge in [0.15, 0.2) is 0 Å². The second kappa shape index (κ2) is 8.16. The van der Waals surface area contributed by atoms with E-state index < -0.39 is 0 Å². The molecule has 0 aromatic rings. The average molecular weight is 255 g/mol. The molecular formula is C16H33NO. The van der Waals surface area contributed by atoms with Crippen LogP contribution < -0.4 is 5.32 Å². The SMILES string of the molecule is CCCNC(C1CC(C)CC(C)C1)C(C)OCC. The van der Waals surface area contributed by atoms with Gasteiger partial charge in [-0.2, -0.15) is 0 Å². The maximum Gasteiger partial charge on any atom is 0.0702 e. The van der Waals surface area contributed by atoms with Crippen molar-refractivity contribution in [2.24, 2.45) is 17.8 Å². The summed E-state index contributed by atoms with van der Waals surface area (Å²) in [7, 11) is 0. The van der Waals surface area contributed by atoms with Crippen LogP contribution in [0.5, 0.6) is 0 Å². The highest BCUT2D eigenvalue weighted by Gasteiger charge is 2.32. The Labute approximate surface area is 114 Å². The van der Waals surface area contributed by atoms with Gasteiger partial charge in [-0.05, 0) is 63.8 Å². The standard InChI is InChI=1S/C16H33NO/c1-6-8-17-16(14(5)18-7-2)15-10-12(3)9-13(4)11-15/h12-17H,6-11H2,1-5H3. The minimum absolute atomic E-state index is 0.337. The third kappa shape index (κ3) is 4.89. The van der Waals surface area contributed by atoms with Crippen molar-refractivity contribution in [1.29, 1.82) is 0 Å². The molecule has 1 aliphatic rings. The first-order chi connectivity index (χ1) is 8.58. The lowest BCUT2D eigenvalue weighted by molar-refractivity contribution is 0.0150. The van der Waals surface area contributed by atoms with Crippen LogP contribution in [0.3, 0.4) is 0 Å². The third-order valence-corrected chi connectivity index (χ3v) is 4.29. The van der Waals surface area contributed by atoms with Crippen molar-refractivity contribution in [3.8, 4) is 0 Å². The summed E-state index contributed by atoms with van der Waals surface area (Å²) in [6.45, 7) is 13.3. The van der Waals surface area contributed by atoms with Crippen LogP contribution >= 0.6 is 0 Å². The van der Waals surface area contributed by atoms with Gasteiger partial charge < -0.3 is 10.1 Å². The predicted octanol–water partition coefficient (Wildman–Crippen LogP) is 3.85. The molecule has 18 heavy (non-hydrogen) atoms. The molecule has 0 aromatic heterocycles. The van der Waals surface area contributed by atoms with E-state index in [1.54, 1.807) is 0 Å². The topological polar surface area (TPSA) is 21.3 Å². The first-order valence-electron chi connectivity index (χ1n) is 7.93. The fourth-order valence-corrected chi connectivity index (χ4v) is 3.70. The van der Waals surface area contributed by atoms with Gasteiger partial charge >= 0.3 is 0 Å². The normalized spacial score (nSPS) is 32.2. The summed E-state index contributed by atoms with van der Waals surface area (Å²) in [5.41, 5.74) is 0. The van der Waals surface area contributed by atoms with Crippen molar-refractivity contribution in [2.75, 3.05) is 13.2 Å². The molecule has 0 bridgehead atoms. The van der Waals surface area contributed by atoms with E-state index >= 15 is 0 Å². The van der Waals surface area contributed by atoms with Crippen LogP contribution in [-0.4, -0.2) is 25.3 Å². The van der Waals surface area contributed by atoms with E-state index in [1.165, 1.54) is 25.7 Å². The lowest BCUT2D eigenvalue weighted by Crippen LogP contribution is -2.47. The molecule has 4 unspecified atom stereocenters. The summed E-state index contributed by atoms with van der Waals surface area (Å²) in [4.78, 5) is 0. The Bertz CT molecular complexity index is 209. The van der Waals surface area contributed by atoms with Crippen LogP contribution in [-0.2, 0) is 4.74 Å². The van der Waals surface area contributed by atoms with E-state index in [9.17, 15) is 0 Å². The van der Waals surface area contributed by atoms with Gasteiger partial charge in [-0.25, -0.2) is 0 Å². The summed E-state index contributed by atoms with van der Waals surface area (Å²) in [5, 5.41) is 3.74. The summed E-state index contributed by atoms with van der Waals surface area (Å²) >= 11 is 0. The minimum atomic E-state index is 0.337. The van der Waals surface area contributed by atoms with Crippen molar-refractivity contribution < 1.29 is 4.74 Å². The lowest BCUT2D eigenvalue weighted by Gasteiger charge is -2.39. The number of hydrogen-bond donors (Lipinski definition) is 1. The predicted molar refractivity (Wildman–Crippen MR) is 78.8 cm³/mol. The van der Waals surface area contributed by atoms with Gasteiger partial charge in [0.1, 0.15) is 0 Å². The zero-order valence-corrected chi connectivity index (χ0v) is 13.0. The van der Waals surface area contributed by atoms with Gasteiger partial charge in [-0.3, -0.25) is 0 Å². The zero-order chi connectivity index (χ0) is 13.5. The zero-order valence-electron chi connectivity index (χ0n) is 13.0. The molecule has 1 rings (SSSR count). The van der Waals surface area contributed by atoms with Crippen molar-refractivity contribution in [3.63, 3.8) is 0 Å². The molecule has 0 aromatic carbocycles. The van der Waals surface area contributed by atoms with Gasteiger partial charge in [0.2, 0.25) is 0 Å². The molecule has 2 heteroatoms. The van der Waals surface area contributed by atoms with Gasteiger partial charge in [0.25, 0.3) is 0 Å². The highest BCUT2D eigenvalue weighted by atomic mass is 16.5. The molecule has 0 heterocycles. The second-order valence-corrected chi connectivity index (χ2v) is 6.32. The van der Waals surface area contributed by atoms with Crippen molar-refractivity contribution in [1.82, 2.24) is 5.32 Å². The molecule has 1 saturated carbocycles. The minimum Gasteiger partial charge on any atom is -0.377 e. The first kappa shape index (κ1) is 16.0. The second-order valence-electron chi connectivity index (χ2n) is 6.32. The van der Waals surface area contributed by atoms with E-state index in [1.807, 2.05) is 0 Å². The monoisotopic (exact) mass is 255 g/mol. The Morgan fingerprint density at radius 1 is 1.11 bits per heavy atom. The van der Waals surface area contributed by atoms with Crippen LogP contribution in [0, 0.1) is 17.8 Å². The quantitative estimate of drug-likeness (QED) is 0.746. The van der Waals surface area contributed by atoms with Crippen molar-refractivity contribution >= 4 is 0 Å². The Morgan fingerprint density at radius 2 is 1.72 bits per heavy atom. The molecular weight excluding hydrogens is 222 g/mol. The van der Waals surface area contributed by atoms with Crippen LogP contribution in [0.25, 0.3) is 0 Å². The van der Waals surface area contributed by atoms with E-state index in [0.29, 0.717) is 12.1 Å². The number of rotatable bonds is 7. The molecule has 1 N–H and O–H groups in total. The van der Waals surface area contributed by atoms with E-state index in [0.717, 1.165) is 30.9 Å². The highest BCUT2D eigenvalue weighted by Crippen LogP contribution is 2.35. The van der Waals surface area contributed by atoms with Gasteiger partial charge in [-0.15, -0.1) is 0 Å². The molecule has 1 fully saturated rings. The van der Waals surface area contributed by atoms with Crippen LogP contribution in [0.4, 0.5) is 0 Å². The molecule has 2 nitrogen and oxygen atoms in total. The number of ether oxygens (including phenoxy) is 1. The molecule has 0 saturated heterocycles. The molecule has 0 spiro atoms. The Hall–Kier alpha value is -0.0800. The molecule has 0 amide bonds. The van der Waals surface area contributed by atoms with Crippen molar-refractivity contribution in [3.05, 3.63) is 0 Å². The maximum absolute atomic E-state index is 5.86. The van der Waals surface area contributed by atoms with Crippen LogP contribution in [0.2, 0.25) is 0 Å². The number of nitrogens with one attached hydrogen (secondary N) is 1. The van der Waals surface area contributed by atoms with Crippen LogP contribution in [0.15, 0.2) is 0 Å². The largest absolute Gasteiger partial charge is 0.377 e. The Balaban J connectivity index is 2.61. The van der Waals surface area contributed by atoms with E-state index in [-0.39, 0.29) is 0 Å². The summed E-state index contributed by atoms with van der Waals surface area (Å²) in [6, 6.07) is 0.537. The summed E-state index contributed by atoms with van der Waals surface area (Å²) < 4.78 is 5.86. The van der Waals surface area contributed by atoms with Gasteiger partial charge in [-0.1, -0.05) is 20.8 Å². The fraction of sp³-hybridized carbons (Fsp3) is 1.00. The van der Waals surface area contributed by atoms with E-state index in [2.05, 4.69) is 39.9 Å². The smallest absolute Gasteiger partial charge is 0.0702 e. The fourth-order valence-electron chi connectivity index (χ4n) is 3.70. The third-order valence-electron chi connectivity index (χ3n) is 4.29. The summed E-state index contributed by atoms with van der Waals surface area (Å²) in [6.07, 6.45) is 5.67. The lowest BCUT2D eigenvalue weighted by atomic mass is 9.72. The molecule has 0 radical (unpaired) electrons. The molecule has 108 valence electrons. The van der Waals surface area contributed by atoms with Gasteiger partial charge in [0.05, 0.1) is 6.10 Å². The van der Waals surface area contributed by atoms with Crippen molar-refractivity contribution in [2.45, 2.75) is 72.4 Å². The average Bonchev–Trinajstić information content (AvgIpc) is 2.28. The van der Waals surface area contributed by atoms with Crippen LogP contribution in [0.1, 0.15) is 60.3 Å². The van der Waals surface area contributed by atoms with E-state index in [4.69, 9.17) is 4.74 Å². The molecule has 1 aliphatic carbocycles. The first-order valence-corrected chi connectivity index (χ1v) is 7.93. The highest BCUT2D eigenvalue weighted by molar-refractivity contribution is 4.87. The van der Waals surface area contributed by atoms with Gasteiger partial charge in [0, 0.05) is 12.6 Å². The Morgan fingerprint density at radius 3 is 2.22 bits per heavy atom. The number of hydrogen-bond acceptors (Lipinski definition) is 2. The Kier molecular flexibility index (Phi) is 7.25.